The summed E-state index contributed by atoms with van der Waals surface area (Å²) in [6, 6.07) is 11.0. The first-order valence-electron chi connectivity index (χ1n) is 8.80. The number of rotatable bonds is 3. The van der Waals surface area contributed by atoms with Gasteiger partial charge in [-0.25, -0.2) is 4.98 Å². The molecule has 1 fully saturated rings. The van der Waals surface area contributed by atoms with Gasteiger partial charge in [-0.15, -0.1) is 0 Å². The lowest BCUT2D eigenvalue weighted by Crippen LogP contribution is -2.43. The molecule has 2 aromatic carbocycles. The van der Waals surface area contributed by atoms with Crippen molar-refractivity contribution < 1.29 is 19.1 Å². The summed E-state index contributed by atoms with van der Waals surface area (Å²) in [5.74, 6) is -0.117. The summed E-state index contributed by atoms with van der Waals surface area (Å²) >= 11 is 0. The van der Waals surface area contributed by atoms with Crippen molar-refractivity contribution in [1.82, 2.24) is 9.88 Å². The van der Waals surface area contributed by atoms with Crippen molar-refractivity contribution in [1.29, 1.82) is 0 Å². The summed E-state index contributed by atoms with van der Waals surface area (Å²) in [5.41, 5.74) is 2.13. The number of oxazole rings is 1. The predicted octanol–water partition coefficient (Wildman–Crippen LogP) is 3.09. The fourth-order valence-electron chi connectivity index (χ4n) is 3.44. The van der Waals surface area contributed by atoms with Gasteiger partial charge in [-0.05, 0) is 43.2 Å². The van der Waals surface area contributed by atoms with Crippen LogP contribution in [0.1, 0.15) is 29.1 Å². The number of carbonyl (C=O) groups excluding carboxylic acids is 2. The summed E-state index contributed by atoms with van der Waals surface area (Å²) in [6.07, 6.45) is 1.31. The number of nitrogens with zero attached hydrogens (tertiary/aromatic N) is 2. The molecule has 0 bridgehead atoms. The van der Waals surface area contributed by atoms with Crippen molar-refractivity contribution in [2.24, 2.45) is 0 Å². The molecule has 2 N–H and O–H groups in total. The van der Waals surface area contributed by atoms with E-state index in [4.69, 9.17) is 4.42 Å². The maximum atomic E-state index is 12.8. The first-order chi connectivity index (χ1) is 13.0. The molecule has 1 aliphatic heterocycles. The van der Waals surface area contributed by atoms with Crippen molar-refractivity contribution >= 4 is 28.6 Å². The molecule has 1 aliphatic rings. The molecule has 138 valence electrons. The molecule has 4 rings (SSSR count). The van der Waals surface area contributed by atoms with Crippen molar-refractivity contribution in [3.8, 4) is 5.75 Å². The summed E-state index contributed by atoms with van der Waals surface area (Å²) in [4.78, 5) is 31.3. The average Bonchev–Trinajstić information content (AvgIpc) is 3.27. The Morgan fingerprint density at radius 3 is 2.89 bits per heavy atom. The summed E-state index contributed by atoms with van der Waals surface area (Å²) in [6.45, 7) is 2.24. The van der Waals surface area contributed by atoms with Crippen molar-refractivity contribution in [2.75, 3.05) is 11.9 Å². The molecular weight excluding hydrogens is 346 g/mol. The first-order valence-corrected chi connectivity index (χ1v) is 8.80. The van der Waals surface area contributed by atoms with Gasteiger partial charge in [0.2, 0.25) is 5.91 Å². The van der Waals surface area contributed by atoms with Gasteiger partial charge in [0.1, 0.15) is 17.3 Å². The Hall–Kier alpha value is -3.35. The van der Waals surface area contributed by atoms with Gasteiger partial charge in [0.25, 0.3) is 5.91 Å². The van der Waals surface area contributed by atoms with Crippen LogP contribution in [0.15, 0.2) is 46.9 Å². The molecular formula is C20H19N3O4. The maximum absolute atomic E-state index is 12.8. The zero-order valence-corrected chi connectivity index (χ0v) is 14.8. The van der Waals surface area contributed by atoms with Crippen molar-refractivity contribution in [3.05, 3.63) is 53.9 Å². The highest BCUT2D eigenvalue weighted by Gasteiger charge is 2.35. The Bertz CT molecular complexity index is 1030. The largest absolute Gasteiger partial charge is 0.507 e. The van der Waals surface area contributed by atoms with E-state index in [0.717, 1.165) is 6.42 Å². The number of aryl methyl sites for hydroxylation is 1. The molecule has 3 aromatic rings. The van der Waals surface area contributed by atoms with Crippen LogP contribution in [0, 0.1) is 6.92 Å². The number of aromatic nitrogens is 1. The molecule has 0 aliphatic carbocycles. The van der Waals surface area contributed by atoms with Gasteiger partial charge in [0.05, 0.1) is 5.56 Å². The van der Waals surface area contributed by atoms with E-state index in [9.17, 15) is 14.7 Å². The normalized spacial score (nSPS) is 16.6. The van der Waals surface area contributed by atoms with Crippen LogP contribution in [-0.4, -0.2) is 39.4 Å². The van der Waals surface area contributed by atoms with Crippen molar-refractivity contribution in [2.45, 2.75) is 25.8 Å². The van der Waals surface area contributed by atoms with E-state index in [1.165, 1.54) is 11.0 Å². The van der Waals surface area contributed by atoms with Gasteiger partial charge in [-0.1, -0.05) is 12.1 Å². The van der Waals surface area contributed by atoms with Gasteiger partial charge in [0, 0.05) is 19.2 Å². The van der Waals surface area contributed by atoms with Crippen LogP contribution in [0.3, 0.4) is 0 Å². The third-order valence-electron chi connectivity index (χ3n) is 4.71. The second kappa shape index (κ2) is 6.75. The smallest absolute Gasteiger partial charge is 0.258 e. The number of nitrogens with one attached hydrogen (secondary N) is 1. The highest BCUT2D eigenvalue weighted by molar-refractivity contribution is 6.03. The quantitative estimate of drug-likeness (QED) is 0.744. The first kappa shape index (κ1) is 17.1. The topological polar surface area (TPSA) is 95.7 Å². The molecule has 7 nitrogen and oxygen atoms in total. The van der Waals surface area contributed by atoms with E-state index in [0.29, 0.717) is 35.6 Å². The number of phenolic OH excluding ortho intramolecular Hbond substituents is 1. The number of phenols is 1. The van der Waals surface area contributed by atoms with Crippen LogP contribution in [-0.2, 0) is 4.79 Å². The van der Waals surface area contributed by atoms with Gasteiger partial charge in [-0.2, -0.15) is 0 Å². The molecule has 0 spiro atoms. The van der Waals surface area contributed by atoms with Crippen LogP contribution in [0.25, 0.3) is 11.1 Å². The number of amides is 2. The van der Waals surface area contributed by atoms with Crippen LogP contribution < -0.4 is 5.32 Å². The number of hydrogen-bond acceptors (Lipinski definition) is 5. The average molecular weight is 365 g/mol. The number of likely N-dealkylation sites (tertiary alicyclic amines) is 1. The Labute approximate surface area is 155 Å². The molecule has 1 unspecified atom stereocenters. The Balaban J connectivity index is 1.53. The maximum Gasteiger partial charge on any atom is 0.258 e. The van der Waals surface area contributed by atoms with Gasteiger partial charge >= 0.3 is 0 Å². The highest BCUT2D eigenvalue weighted by Crippen LogP contribution is 2.26. The molecule has 2 heterocycles. The minimum Gasteiger partial charge on any atom is -0.507 e. The fraction of sp³-hybridized carbons (Fsp3) is 0.250. The van der Waals surface area contributed by atoms with Crippen LogP contribution in [0.5, 0.6) is 5.75 Å². The molecule has 1 saturated heterocycles. The number of anilines is 1. The number of carbonyl (C=O) groups is 2. The van der Waals surface area contributed by atoms with E-state index in [-0.39, 0.29) is 23.1 Å². The van der Waals surface area contributed by atoms with E-state index in [2.05, 4.69) is 10.3 Å². The van der Waals surface area contributed by atoms with Gasteiger partial charge in [0.15, 0.2) is 11.5 Å². The minimum absolute atomic E-state index is 0.0830. The van der Waals surface area contributed by atoms with E-state index in [1.54, 1.807) is 43.3 Å². The second-order valence-corrected chi connectivity index (χ2v) is 6.58. The second-order valence-electron chi connectivity index (χ2n) is 6.58. The standard InChI is InChI=1S/C20H19N3O4/c1-12-21-15-11-13(8-9-18(15)27-12)22-19(25)16-6-4-10-23(16)20(26)14-5-2-3-7-17(14)24/h2-3,5,7-9,11,16,24H,4,6,10H2,1H3,(H,22,25). The zero-order valence-electron chi connectivity index (χ0n) is 14.8. The molecule has 7 heteroatoms. The predicted molar refractivity (Wildman–Crippen MR) is 99.5 cm³/mol. The lowest BCUT2D eigenvalue weighted by molar-refractivity contribution is -0.119. The summed E-state index contributed by atoms with van der Waals surface area (Å²) in [5, 5.41) is 12.8. The van der Waals surface area contributed by atoms with E-state index in [1.807, 2.05) is 0 Å². The monoisotopic (exact) mass is 365 g/mol. The lowest BCUT2D eigenvalue weighted by Gasteiger charge is -2.24. The van der Waals surface area contributed by atoms with Gasteiger partial charge < -0.3 is 19.7 Å². The number of aromatic hydroxyl groups is 1. The van der Waals surface area contributed by atoms with E-state index < -0.39 is 6.04 Å². The molecule has 0 radical (unpaired) electrons. The number of para-hydroxylation sites is 1. The molecule has 2 amide bonds. The van der Waals surface area contributed by atoms with Crippen LogP contribution >= 0.6 is 0 Å². The third-order valence-corrected chi connectivity index (χ3v) is 4.71. The Morgan fingerprint density at radius 1 is 1.26 bits per heavy atom. The Kier molecular flexibility index (Phi) is 4.27. The molecule has 1 atom stereocenters. The third kappa shape index (κ3) is 3.23. The zero-order chi connectivity index (χ0) is 19.0. The van der Waals surface area contributed by atoms with Crippen molar-refractivity contribution in [3.63, 3.8) is 0 Å². The Morgan fingerprint density at radius 2 is 2.07 bits per heavy atom. The lowest BCUT2D eigenvalue weighted by atomic mass is 10.1. The number of benzene rings is 2. The highest BCUT2D eigenvalue weighted by atomic mass is 16.3. The van der Waals surface area contributed by atoms with Crippen LogP contribution in [0.2, 0.25) is 0 Å². The van der Waals surface area contributed by atoms with E-state index >= 15 is 0 Å². The summed E-state index contributed by atoms with van der Waals surface area (Å²) < 4.78 is 5.44. The van der Waals surface area contributed by atoms with Gasteiger partial charge in [-0.3, -0.25) is 9.59 Å². The minimum atomic E-state index is -0.577. The molecule has 1 aromatic heterocycles. The number of hydrogen-bond donors (Lipinski definition) is 2. The van der Waals surface area contributed by atoms with Crippen LogP contribution in [0.4, 0.5) is 5.69 Å². The fourth-order valence-corrected chi connectivity index (χ4v) is 3.44. The molecule has 27 heavy (non-hydrogen) atoms. The number of fused-ring (bicyclic) bond motifs is 1. The molecule has 0 saturated carbocycles. The summed E-state index contributed by atoms with van der Waals surface area (Å²) in [7, 11) is 0. The SMILES string of the molecule is Cc1nc2cc(NC(=O)C3CCCN3C(=O)c3ccccc3O)ccc2o1.